The number of hydrogen-bond donors (Lipinski definition) is 4. The summed E-state index contributed by atoms with van der Waals surface area (Å²) in [5.41, 5.74) is 2.96. The number of carbonyl (C=O) groups is 1. The summed E-state index contributed by atoms with van der Waals surface area (Å²) < 4.78 is 5.61. The number of ether oxygens (including phenoxy) is 1. The molecular weight excluding hydrogens is 474 g/mol. The van der Waals surface area contributed by atoms with Crippen molar-refractivity contribution in [1.29, 1.82) is 0 Å². The Kier molecular flexibility index (Phi) is 6.80. The summed E-state index contributed by atoms with van der Waals surface area (Å²) in [5, 5.41) is 11.9. The molecule has 1 unspecified atom stereocenters. The second-order valence-corrected chi connectivity index (χ2v) is 9.77. The molecule has 9 nitrogen and oxygen atoms in total. The van der Waals surface area contributed by atoms with Gasteiger partial charge in [-0.2, -0.15) is 0 Å². The number of hydrogen-bond acceptors (Lipinski definition) is 8. The number of H-pyrrole nitrogens is 1. The minimum absolute atomic E-state index is 0.0584. The Balaban J connectivity index is 1.26. The summed E-state index contributed by atoms with van der Waals surface area (Å²) in [7, 11) is 2.14. The minimum atomic E-state index is -0.192. The van der Waals surface area contributed by atoms with Crippen LogP contribution in [0.2, 0.25) is 5.02 Å². The Labute approximate surface area is 206 Å². The lowest BCUT2D eigenvalue weighted by Crippen LogP contribution is -2.41. The standard InChI is InChI=1S/C23H26ClN7O2S/c1-31-9-6-15(7-10-31)27-19-17(24)12-26-22-20(19)29-21(30-22)14-2-4-16(5-3-14)33-13-18(32)28-23-25-8-11-34-23/h2-5,8,11-12,15,23,25H,6-7,9-10,13H2,1H3,(H,28,32)(H2,26,27,29,30). The van der Waals surface area contributed by atoms with E-state index in [1.807, 2.05) is 29.7 Å². The number of halogens is 1. The average Bonchev–Trinajstić information content (AvgIpc) is 3.51. The molecule has 5 rings (SSSR count). The third kappa shape index (κ3) is 5.24. The van der Waals surface area contributed by atoms with Gasteiger partial charge in [0.05, 0.1) is 16.9 Å². The number of benzene rings is 1. The number of carbonyl (C=O) groups excluding carboxylic acids is 1. The highest BCUT2D eigenvalue weighted by Crippen LogP contribution is 2.32. The maximum atomic E-state index is 12.0. The summed E-state index contributed by atoms with van der Waals surface area (Å²) >= 11 is 7.99. The third-order valence-electron chi connectivity index (χ3n) is 5.85. The van der Waals surface area contributed by atoms with Crippen molar-refractivity contribution in [2.24, 2.45) is 0 Å². The number of aromatic amines is 1. The molecule has 3 aromatic rings. The third-order valence-corrected chi connectivity index (χ3v) is 6.96. The van der Waals surface area contributed by atoms with Gasteiger partial charge in [0.15, 0.2) is 17.8 Å². The molecule has 178 valence electrons. The van der Waals surface area contributed by atoms with Crippen LogP contribution in [0.25, 0.3) is 22.6 Å². The molecule has 1 atom stereocenters. The second kappa shape index (κ2) is 10.1. The van der Waals surface area contributed by atoms with Gasteiger partial charge in [0.1, 0.15) is 17.1 Å². The lowest BCUT2D eigenvalue weighted by molar-refractivity contribution is -0.123. The molecule has 11 heteroatoms. The largest absolute Gasteiger partial charge is 0.484 e. The maximum Gasteiger partial charge on any atom is 0.260 e. The molecular formula is C23H26ClN7O2S. The fourth-order valence-corrected chi connectivity index (χ4v) is 4.83. The summed E-state index contributed by atoms with van der Waals surface area (Å²) in [6, 6.07) is 7.78. The molecule has 1 fully saturated rings. The zero-order valence-electron chi connectivity index (χ0n) is 18.7. The quantitative estimate of drug-likeness (QED) is 0.392. The van der Waals surface area contributed by atoms with E-state index in [1.165, 1.54) is 11.8 Å². The number of likely N-dealkylation sites (tertiary alicyclic amines) is 1. The summed E-state index contributed by atoms with van der Waals surface area (Å²) in [6.07, 6.45) is 5.56. The van der Waals surface area contributed by atoms with Gasteiger partial charge in [-0.1, -0.05) is 23.4 Å². The molecule has 34 heavy (non-hydrogen) atoms. The van der Waals surface area contributed by atoms with Gasteiger partial charge in [0, 0.05) is 17.8 Å². The van der Waals surface area contributed by atoms with E-state index in [4.69, 9.17) is 21.3 Å². The molecule has 0 bridgehead atoms. The van der Waals surface area contributed by atoms with Crippen LogP contribution in [0.3, 0.4) is 0 Å². The number of imidazole rings is 1. The maximum absolute atomic E-state index is 12.0. The zero-order valence-corrected chi connectivity index (χ0v) is 20.2. The monoisotopic (exact) mass is 499 g/mol. The van der Waals surface area contributed by atoms with E-state index in [9.17, 15) is 4.79 Å². The molecule has 1 saturated heterocycles. The predicted octanol–water partition coefficient (Wildman–Crippen LogP) is 3.37. The minimum Gasteiger partial charge on any atom is -0.484 e. The Hall–Kier alpha value is -2.95. The number of anilines is 1. The van der Waals surface area contributed by atoms with Gasteiger partial charge >= 0.3 is 0 Å². The predicted molar refractivity (Wildman–Crippen MR) is 136 cm³/mol. The van der Waals surface area contributed by atoms with Crippen LogP contribution in [0.1, 0.15) is 12.8 Å². The molecule has 0 saturated carbocycles. The first-order valence-electron chi connectivity index (χ1n) is 11.1. The lowest BCUT2D eigenvalue weighted by atomic mass is 10.1. The van der Waals surface area contributed by atoms with Gasteiger partial charge in [-0.05, 0) is 62.7 Å². The number of fused-ring (bicyclic) bond motifs is 1. The fraction of sp³-hybridized carbons (Fsp3) is 0.348. The molecule has 2 aliphatic heterocycles. The zero-order chi connectivity index (χ0) is 23.5. The summed E-state index contributed by atoms with van der Waals surface area (Å²) in [4.78, 5) is 26.8. The van der Waals surface area contributed by atoms with E-state index in [1.54, 1.807) is 12.4 Å². The second-order valence-electron chi connectivity index (χ2n) is 8.35. The van der Waals surface area contributed by atoms with E-state index in [2.05, 4.69) is 37.9 Å². The van der Waals surface area contributed by atoms with Crippen LogP contribution >= 0.6 is 23.4 Å². The highest BCUT2D eigenvalue weighted by atomic mass is 35.5. The molecule has 2 aromatic heterocycles. The van der Waals surface area contributed by atoms with Gasteiger partial charge in [0.25, 0.3) is 5.91 Å². The number of thioether (sulfide) groups is 1. The number of nitrogens with zero attached hydrogens (tertiary/aromatic N) is 3. The van der Waals surface area contributed by atoms with E-state index in [0.717, 1.165) is 42.7 Å². The van der Waals surface area contributed by atoms with Gasteiger partial charge < -0.3 is 30.6 Å². The fourth-order valence-electron chi connectivity index (χ4n) is 3.97. The number of rotatable bonds is 7. The SMILES string of the molecule is CN1CCC(Nc2c(Cl)cnc3[nH]c(-c4ccc(OCC(=O)NC5NC=CS5)cc4)nc23)CC1. The van der Waals surface area contributed by atoms with Crippen molar-refractivity contribution >= 4 is 46.1 Å². The lowest BCUT2D eigenvalue weighted by Gasteiger charge is -2.30. The molecule has 0 radical (unpaired) electrons. The van der Waals surface area contributed by atoms with Gasteiger partial charge in [-0.15, -0.1) is 0 Å². The van der Waals surface area contributed by atoms with Crippen molar-refractivity contribution in [1.82, 2.24) is 30.5 Å². The summed E-state index contributed by atoms with van der Waals surface area (Å²) in [6.45, 7) is 2.05. The molecule has 0 spiro atoms. The Bertz CT molecular complexity index is 1180. The molecule has 2 aliphatic rings. The van der Waals surface area contributed by atoms with Crippen LogP contribution in [0.5, 0.6) is 5.75 Å². The number of amides is 1. The van der Waals surface area contributed by atoms with Crippen LogP contribution in [-0.2, 0) is 4.79 Å². The summed E-state index contributed by atoms with van der Waals surface area (Å²) in [5.74, 6) is 1.10. The van der Waals surface area contributed by atoms with Crippen molar-refractivity contribution in [3.8, 4) is 17.1 Å². The van der Waals surface area contributed by atoms with Crippen molar-refractivity contribution in [2.75, 3.05) is 32.1 Å². The van der Waals surface area contributed by atoms with Crippen LogP contribution in [0, 0.1) is 0 Å². The van der Waals surface area contributed by atoms with Gasteiger partial charge in [-0.25, -0.2) is 9.97 Å². The van der Waals surface area contributed by atoms with Crippen molar-refractivity contribution in [3.05, 3.63) is 47.1 Å². The van der Waals surface area contributed by atoms with Crippen LogP contribution in [-0.4, -0.2) is 64.0 Å². The molecule has 4 heterocycles. The van der Waals surface area contributed by atoms with E-state index >= 15 is 0 Å². The normalized spacial score (nSPS) is 18.7. The van der Waals surface area contributed by atoms with Gasteiger partial charge in [0.2, 0.25) is 0 Å². The highest BCUT2D eigenvalue weighted by molar-refractivity contribution is 8.02. The van der Waals surface area contributed by atoms with E-state index < -0.39 is 0 Å². The Morgan fingerprint density at radius 1 is 1.29 bits per heavy atom. The van der Waals surface area contributed by atoms with Crippen molar-refractivity contribution in [3.63, 3.8) is 0 Å². The number of nitrogens with one attached hydrogen (secondary N) is 4. The molecule has 0 aliphatic carbocycles. The molecule has 1 aromatic carbocycles. The topological polar surface area (TPSA) is 107 Å². The van der Waals surface area contributed by atoms with Crippen molar-refractivity contribution < 1.29 is 9.53 Å². The van der Waals surface area contributed by atoms with E-state index in [-0.39, 0.29) is 18.0 Å². The average molecular weight is 500 g/mol. The highest BCUT2D eigenvalue weighted by Gasteiger charge is 2.20. The number of piperidine rings is 1. The first-order valence-corrected chi connectivity index (χ1v) is 12.5. The van der Waals surface area contributed by atoms with Gasteiger partial charge in [-0.3, -0.25) is 4.79 Å². The number of aromatic nitrogens is 3. The van der Waals surface area contributed by atoms with Crippen LogP contribution in [0.4, 0.5) is 5.69 Å². The van der Waals surface area contributed by atoms with Crippen LogP contribution < -0.4 is 20.7 Å². The first-order chi connectivity index (χ1) is 16.5. The smallest absolute Gasteiger partial charge is 0.260 e. The Morgan fingerprint density at radius 2 is 2.09 bits per heavy atom. The molecule has 4 N–H and O–H groups in total. The van der Waals surface area contributed by atoms with Crippen molar-refractivity contribution in [2.45, 2.75) is 24.4 Å². The number of pyridine rings is 1. The first kappa shape index (κ1) is 22.8. The Morgan fingerprint density at radius 3 is 2.82 bits per heavy atom. The van der Waals surface area contributed by atoms with Crippen LogP contribution in [0.15, 0.2) is 42.1 Å². The molecule has 1 amide bonds. The van der Waals surface area contributed by atoms with E-state index in [0.29, 0.717) is 28.3 Å².